The number of nitrogens with zero attached hydrogens (tertiary/aromatic N) is 2. The molecule has 1 N–H and O–H groups in total. The first-order chi connectivity index (χ1) is 12.7. The number of rotatable bonds is 5. The molecule has 0 bridgehead atoms. The van der Waals surface area contributed by atoms with Crippen molar-refractivity contribution in [2.45, 2.75) is 25.7 Å². The second-order valence-corrected chi connectivity index (χ2v) is 8.71. The van der Waals surface area contributed by atoms with Crippen molar-refractivity contribution < 1.29 is 8.42 Å². The normalized spacial score (nSPS) is 18.8. The van der Waals surface area contributed by atoms with Crippen LogP contribution in [0.3, 0.4) is 0 Å². The van der Waals surface area contributed by atoms with E-state index in [2.05, 4.69) is 5.32 Å². The predicted molar refractivity (Wildman–Crippen MR) is 113 cm³/mol. The molecule has 0 aromatic heterocycles. The number of fused-ring (bicyclic) bond motifs is 1. The van der Waals surface area contributed by atoms with Crippen molar-refractivity contribution >= 4 is 39.7 Å². The summed E-state index contributed by atoms with van der Waals surface area (Å²) in [6.45, 7) is 2.70. The monoisotopic (exact) mass is 407 g/mol. The molecular weight excluding hydrogens is 382 g/mol. The van der Waals surface area contributed by atoms with Crippen LogP contribution in [0.4, 0.5) is 17.1 Å². The summed E-state index contributed by atoms with van der Waals surface area (Å²) in [4.78, 5) is 0. The third-order valence-corrected chi connectivity index (χ3v) is 7.11. The number of piperidine rings is 1. The van der Waals surface area contributed by atoms with Gasteiger partial charge in [-0.25, -0.2) is 4.31 Å². The minimum atomic E-state index is -3.59. The molecule has 0 amide bonds. The van der Waals surface area contributed by atoms with Gasteiger partial charge in [0, 0.05) is 6.54 Å². The molecule has 2 aromatic rings. The zero-order chi connectivity index (χ0) is 18.0. The molecular formula is C20H26ClN3O2S. The molecule has 5 nitrogen and oxygen atoms in total. The van der Waals surface area contributed by atoms with Crippen LogP contribution >= 0.6 is 12.4 Å². The van der Waals surface area contributed by atoms with Crippen molar-refractivity contribution in [1.82, 2.24) is 5.32 Å². The van der Waals surface area contributed by atoms with E-state index in [1.807, 2.05) is 54.6 Å². The second-order valence-electron chi connectivity index (χ2n) is 7.00. The van der Waals surface area contributed by atoms with E-state index >= 15 is 0 Å². The summed E-state index contributed by atoms with van der Waals surface area (Å²) in [5.41, 5.74) is 2.20. The zero-order valence-corrected chi connectivity index (χ0v) is 16.9. The first kappa shape index (κ1) is 20.0. The zero-order valence-electron chi connectivity index (χ0n) is 15.3. The quantitative estimate of drug-likeness (QED) is 0.812. The van der Waals surface area contributed by atoms with Crippen molar-refractivity contribution in [3.05, 3.63) is 54.6 Å². The van der Waals surface area contributed by atoms with Crippen LogP contribution in [0, 0.1) is 5.92 Å². The maximum Gasteiger partial charge on any atom is 0.330 e. The molecule has 0 spiro atoms. The van der Waals surface area contributed by atoms with Crippen LogP contribution in [0.15, 0.2) is 54.6 Å². The standard InChI is InChI=1S/C20H25N3O2S.ClH/c24-26(25)22(16-6-7-17-12-14-21-15-13-17)19-10-4-5-11-20(19)23(26)18-8-2-1-3-9-18;/h1-5,8-11,17,21H,6-7,12-16H2;1H. The van der Waals surface area contributed by atoms with E-state index in [1.165, 1.54) is 17.1 Å². The summed E-state index contributed by atoms with van der Waals surface area (Å²) in [7, 11) is -3.59. The first-order valence-electron chi connectivity index (χ1n) is 9.36. The van der Waals surface area contributed by atoms with E-state index in [4.69, 9.17) is 0 Å². The highest BCUT2D eigenvalue weighted by Gasteiger charge is 2.40. The number of hydrogen-bond acceptors (Lipinski definition) is 3. The third kappa shape index (κ3) is 3.93. The van der Waals surface area contributed by atoms with Crippen LogP contribution in [-0.4, -0.2) is 28.1 Å². The van der Waals surface area contributed by atoms with Crippen LogP contribution in [0.1, 0.15) is 25.7 Å². The summed E-state index contributed by atoms with van der Waals surface area (Å²) >= 11 is 0. The summed E-state index contributed by atoms with van der Waals surface area (Å²) in [6.07, 6.45) is 4.36. The molecule has 7 heteroatoms. The lowest BCUT2D eigenvalue weighted by Crippen LogP contribution is -2.36. The predicted octanol–water partition coefficient (Wildman–Crippen LogP) is 4.09. The summed E-state index contributed by atoms with van der Waals surface area (Å²) in [6, 6.07) is 16.9. The van der Waals surface area contributed by atoms with Gasteiger partial charge in [-0.15, -0.1) is 12.4 Å². The van der Waals surface area contributed by atoms with Crippen LogP contribution in [0.5, 0.6) is 0 Å². The Bertz CT molecular complexity index is 855. The average Bonchev–Trinajstić information content (AvgIpc) is 2.90. The fraction of sp³-hybridized carbons (Fsp3) is 0.400. The smallest absolute Gasteiger partial charge is 0.317 e. The van der Waals surface area contributed by atoms with E-state index in [1.54, 1.807) is 4.31 Å². The molecule has 2 aliphatic heterocycles. The summed E-state index contributed by atoms with van der Waals surface area (Å²) in [5.74, 6) is 0.710. The van der Waals surface area contributed by atoms with E-state index < -0.39 is 10.2 Å². The largest absolute Gasteiger partial charge is 0.330 e. The molecule has 0 radical (unpaired) electrons. The number of nitrogens with one attached hydrogen (secondary N) is 1. The van der Waals surface area contributed by atoms with E-state index in [0.29, 0.717) is 18.2 Å². The maximum atomic E-state index is 13.3. The Labute approximate surface area is 168 Å². The van der Waals surface area contributed by atoms with Gasteiger partial charge in [-0.05, 0) is 69.0 Å². The molecule has 0 unspecified atom stereocenters. The van der Waals surface area contributed by atoms with Crippen molar-refractivity contribution in [2.75, 3.05) is 28.2 Å². The summed E-state index contributed by atoms with van der Waals surface area (Å²) < 4.78 is 29.6. The van der Waals surface area contributed by atoms with E-state index in [0.717, 1.165) is 37.3 Å². The molecule has 2 aromatic carbocycles. The van der Waals surface area contributed by atoms with E-state index in [-0.39, 0.29) is 12.4 Å². The van der Waals surface area contributed by atoms with Crippen LogP contribution < -0.4 is 13.9 Å². The van der Waals surface area contributed by atoms with Gasteiger partial charge in [-0.2, -0.15) is 8.42 Å². The minimum Gasteiger partial charge on any atom is -0.317 e. The van der Waals surface area contributed by atoms with Crippen LogP contribution in [0.2, 0.25) is 0 Å². The molecule has 146 valence electrons. The van der Waals surface area contributed by atoms with Gasteiger partial charge in [-0.3, -0.25) is 4.31 Å². The number of anilines is 3. The molecule has 1 saturated heterocycles. The average molecular weight is 408 g/mol. The molecule has 0 atom stereocenters. The Hall–Kier alpha value is -1.76. The Kier molecular flexibility index (Phi) is 6.29. The Morgan fingerprint density at radius 2 is 1.56 bits per heavy atom. The van der Waals surface area contributed by atoms with Crippen molar-refractivity contribution in [3.8, 4) is 0 Å². The lowest BCUT2D eigenvalue weighted by Gasteiger charge is -2.25. The Balaban J connectivity index is 0.00000210. The van der Waals surface area contributed by atoms with Gasteiger partial charge in [0.2, 0.25) is 0 Å². The summed E-state index contributed by atoms with van der Waals surface area (Å²) in [5, 5.41) is 3.38. The topological polar surface area (TPSA) is 52.7 Å². The molecule has 2 aliphatic rings. The minimum absolute atomic E-state index is 0. The number of para-hydroxylation sites is 3. The van der Waals surface area contributed by atoms with Gasteiger partial charge >= 0.3 is 10.2 Å². The van der Waals surface area contributed by atoms with Crippen molar-refractivity contribution in [1.29, 1.82) is 0 Å². The molecule has 1 fully saturated rings. The van der Waals surface area contributed by atoms with Gasteiger partial charge in [0.15, 0.2) is 0 Å². The van der Waals surface area contributed by atoms with Gasteiger partial charge in [-0.1, -0.05) is 30.3 Å². The van der Waals surface area contributed by atoms with E-state index in [9.17, 15) is 8.42 Å². The fourth-order valence-electron chi connectivity index (χ4n) is 3.96. The van der Waals surface area contributed by atoms with Gasteiger partial charge in [0.25, 0.3) is 0 Å². The SMILES string of the molecule is Cl.O=S1(=O)N(CCCC2CCNCC2)c2ccccc2N1c1ccccc1. The molecule has 0 aliphatic carbocycles. The number of halogens is 1. The third-order valence-electron chi connectivity index (χ3n) is 5.30. The molecule has 2 heterocycles. The highest BCUT2D eigenvalue weighted by molar-refractivity contribution is 7.95. The van der Waals surface area contributed by atoms with Gasteiger partial charge in [0.05, 0.1) is 17.1 Å². The van der Waals surface area contributed by atoms with Crippen LogP contribution in [0.25, 0.3) is 0 Å². The van der Waals surface area contributed by atoms with Crippen molar-refractivity contribution in [3.63, 3.8) is 0 Å². The first-order valence-corrected chi connectivity index (χ1v) is 10.8. The van der Waals surface area contributed by atoms with Gasteiger partial charge < -0.3 is 5.32 Å². The fourth-order valence-corrected chi connectivity index (χ4v) is 5.71. The highest BCUT2D eigenvalue weighted by Crippen LogP contribution is 2.45. The number of benzene rings is 2. The van der Waals surface area contributed by atoms with Crippen molar-refractivity contribution in [2.24, 2.45) is 5.92 Å². The Morgan fingerprint density at radius 1 is 0.926 bits per heavy atom. The highest BCUT2D eigenvalue weighted by atomic mass is 35.5. The maximum absolute atomic E-state index is 13.3. The Morgan fingerprint density at radius 3 is 2.26 bits per heavy atom. The lowest BCUT2D eigenvalue weighted by atomic mass is 9.93. The molecule has 27 heavy (non-hydrogen) atoms. The van der Waals surface area contributed by atoms with Crippen LogP contribution in [-0.2, 0) is 10.2 Å². The molecule has 0 saturated carbocycles. The second kappa shape index (κ2) is 8.50. The van der Waals surface area contributed by atoms with Gasteiger partial charge in [0.1, 0.15) is 0 Å². The lowest BCUT2D eigenvalue weighted by molar-refractivity contribution is 0.349. The molecule has 4 rings (SSSR count). The number of hydrogen-bond donors (Lipinski definition) is 1.